The van der Waals surface area contributed by atoms with Crippen LogP contribution in [0.2, 0.25) is 5.15 Å². The van der Waals surface area contributed by atoms with Gasteiger partial charge in [0.25, 0.3) is 0 Å². The Morgan fingerprint density at radius 2 is 1.94 bits per heavy atom. The van der Waals surface area contributed by atoms with Gasteiger partial charge in [0, 0.05) is 23.4 Å². The zero-order chi connectivity index (χ0) is 12.6. The molecule has 17 heavy (non-hydrogen) atoms. The number of hydrogen-bond acceptors (Lipinski definition) is 3. The van der Waals surface area contributed by atoms with Gasteiger partial charge in [0.05, 0.1) is 5.52 Å². The Kier molecular flexibility index (Phi) is 3.15. The highest BCUT2D eigenvalue weighted by Gasteiger charge is 2.19. The summed E-state index contributed by atoms with van der Waals surface area (Å²) in [6.07, 6.45) is 0. The fourth-order valence-corrected chi connectivity index (χ4v) is 3.64. The minimum absolute atomic E-state index is 0.447. The molecule has 0 bridgehead atoms. The van der Waals surface area contributed by atoms with Crippen LogP contribution in [0.5, 0.6) is 0 Å². The molecule has 1 N–H and O–H groups in total. The monoisotopic (exact) mass is 268 g/mol. The maximum absolute atomic E-state index is 12.4. The number of halogens is 1. The first-order valence-electron chi connectivity index (χ1n) is 5.26. The van der Waals surface area contributed by atoms with E-state index in [9.17, 15) is 4.57 Å². The number of nitrogens with zero attached hydrogens (tertiary/aromatic N) is 1. The number of pyridine rings is 1. The number of benzene rings is 1. The Labute approximate surface area is 106 Å². The average molecular weight is 269 g/mol. The van der Waals surface area contributed by atoms with Crippen molar-refractivity contribution in [2.24, 2.45) is 0 Å². The quantitative estimate of drug-likeness (QED) is 0.672. The summed E-state index contributed by atoms with van der Waals surface area (Å²) < 4.78 is 12.4. The second-order valence-electron chi connectivity index (χ2n) is 4.26. The summed E-state index contributed by atoms with van der Waals surface area (Å²) in [5.41, 5.74) is 1.66. The highest BCUT2D eigenvalue weighted by Crippen LogP contribution is 2.40. The molecule has 0 aliphatic heterocycles. The molecule has 0 aliphatic carbocycles. The van der Waals surface area contributed by atoms with Gasteiger partial charge in [-0.05, 0) is 37.6 Å². The summed E-state index contributed by atoms with van der Waals surface area (Å²) in [5, 5.41) is 5.26. The zero-order valence-corrected chi connectivity index (χ0v) is 11.6. The Bertz CT molecular complexity index is 621. The third kappa shape index (κ3) is 2.31. The molecule has 3 nitrogen and oxygen atoms in total. The summed E-state index contributed by atoms with van der Waals surface area (Å²) >= 11 is 5.86. The van der Waals surface area contributed by atoms with Crippen molar-refractivity contribution in [3.05, 3.63) is 29.4 Å². The highest BCUT2D eigenvalue weighted by atomic mass is 35.5. The van der Waals surface area contributed by atoms with Crippen LogP contribution in [0.4, 0.5) is 5.69 Å². The van der Waals surface area contributed by atoms with Gasteiger partial charge in [-0.3, -0.25) is 0 Å². The van der Waals surface area contributed by atoms with Crippen LogP contribution < -0.4 is 10.6 Å². The van der Waals surface area contributed by atoms with Crippen molar-refractivity contribution in [2.45, 2.75) is 0 Å². The standard InChI is InChI=1S/C12H14ClN2OP/c1-14-10-6-5-9-8(4-7-11(13)15-9)12(10)17(2,3)16/h4-7,14H,1-3H3. The maximum Gasteiger partial charge on any atom is 0.129 e. The molecule has 0 saturated heterocycles. The van der Waals surface area contributed by atoms with Gasteiger partial charge in [-0.2, -0.15) is 0 Å². The molecule has 0 unspecified atom stereocenters. The first kappa shape index (κ1) is 12.4. The number of aromatic nitrogens is 1. The summed E-state index contributed by atoms with van der Waals surface area (Å²) in [6.45, 7) is 3.52. The lowest BCUT2D eigenvalue weighted by atomic mass is 10.2. The van der Waals surface area contributed by atoms with E-state index in [4.69, 9.17) is 11.6 Å². The van der Waals surface area contributed by atoms with Crippen LogP contribution in [-0.4, -0.2) is 25.4 Å². The Morgan fingerprint density at radius 1 is 1.24 bits per heavy atom. The van der Waals surface area contributed by atoms with Crippen molar-refractivity contribution in [3.63, 3.8) is 0 Å². The Morgan fingerprint density at radius 3 is 2.53 bits per heavy atom. The number of anilines is 1. The van der Waals surface area contributed by atoms with Gasteiger partial charge in [-0.25, -0.2) is 4.98 Å². The molecule has 0 saturated carbocycles. The van der Waals surface area contributed by atoms with E-state index in [-0.39, 0.29) is 0 Å². The van der Waals surface area contributed by atoms with Crippen LogP contribution in [0.15, 0.2) is 24.3 Å². The molecule has 0 amide bonds. The minimum Gasteiger partial charge on any atom is -0.387 e. The Balaban J connectivity index is 2.89. The number of fused-ring (bicyclic) bond motifs is 1. The van der Waals surface area contributed by atoms with Gasteiger partial charge >= 0.3 is 0 Å². The molecular formula is C12H14ClN2OP. The van der Waals surface area contributed by atoms with Crippen molar-refractivity contribution in [1.29, 1.82) is 0 Å². The second kappa shape index (κ2) is 4.32. The predicted octanol–water partition coefficient (Wildman–Crippen LogP) is 3.18. The van der Waals surface area contributed by atoms with E-state index in [1.165, 1.54) is 0 Å². The second-order valence-corrected chi connectivity index (χ2v) is 7.80. The molecule has 5 heteroatoms. The number of hydrogen-bond donors (Lipinski definition) is 1. The molecule has 2 rings (SSSR count). The molecule has 0 radical (unpaired) electrons. The maximum atomic E-state index is 12.4. The average Bonchev–Trinajstić information content (AvgIpc) is 2.25. The minimum atomic E-state index is -2.38. The summed E-state index contributed by atoms with van der Waals surface area (Å²) in [7, 11) is -0.555. The molecule has 0 fully saturated rings. The molecule has 1 heterocycles. The number of rotatable bonds is 2. The third-order valence-corrected chi connectivity index (χ3v) is 4.39. The van der Waals surface area contributed by atoms with E-state index >= 15 is 0 Å². The normalized spacial score (nSPS) is 11.8. The van der Waals surface area contributed by atoms with Gasteiger partial charge in [0.2, 0.25) is 0 Å². The van der Waals surface area contributed by atoms with Crippen molar-refractivity contribution >= 4 is 40.6 Å². The van der Waals surface area contributed by atoms with Crippen LogP contribution in [-0.2, 0) is 4.57 Å². The van der Waals surface area contributed by atoms with Gasteiger partial charge in [-0.15, -0.1) is 0 Å². The first-order chi connectivity index (χ1) is 7.93. The number of nitrogens with one attached hydrogen (secondary N) is 1. The van der Waals surface area contributed by atoms with E-state index in [0.717, 1.165) is 21.9 Å². The van der Waals surface area contributed by atoms with Crippen molar-refractivity contribution in [3.8, 4) is 0 Å². The zero-order valence-electron chi connectivity index (χ0n) is 9.99. The van der Waals surface area contributed by atoms with Gasteiger partial charge in [0.1, 0.15) is 12.3 Å². The molecule has 0 spiro atoms. The van der Waals surface area contributed by atoms with E-state index in [2.05, 4.69) is 10.3 Å². The van der Waals surface area contributed by atoms with Crippen molar-refractivity contribution in [2.75, 3.05) is 25.7 Å². The summed E-state index contributed by atoms with van der Waals surface area (Å²) in [6, 6.07) is 7.37. The Hall–Kier alpha value is -1.05. The van der Waals surface area contributed by atoms with Crippen molar-refractivity contribution in [1.82, 2.24) is 4.98 Å². The van der Waals surface area contributed by atoms with Crippen molar-refractivity contribution < 1.29 is 4.57 Å². The topological polar surface area (TPSA) is 42.0 Å². The van der Waals surface area contributed by atoms with E-state index in [0.29, 0.717) is 5.15 Å². The predicted molar refractivity (Wildman–Crippen MR) is 75.4 cm³/mol. The molecule has 0 atom stereocenters. The molecule has 0 aliphatic rings. The third-order valence-electron chi connectivity index (χ3n) is 2.62. The summed E-state index contributed by atoms with van der Waals surface area (Å²) in [4.78, 5) is 4.24. The van der Waals surface area contributed by atoms with Gasteiger partial charge in [-0.1, -0.05) is 11.6 Å². The van der Waals surface area contributed by atoms with Gasteiger partial charge < -0.3 is 9.88 Å². The van der Waals surface area contributed by atoms with Crippen LogP contribution in [0, 0.1) is 0 Å². The van der Waals surface area contributed by atoms with E-state index in [1.54, 1.807) is 19.4 Å². The van der Waals surface area contributed by atoms with Crippen LogP contribution in [0.25, 0.3) is 10.9 Å². The SMILES string of the molecule is CNc1ccc2nc(Cl)ccc2c1P(C)(C)=O. The van der Waals surface area contributed by atoms with Crippen LogP contribution in [0.1, 0.15) is 0 Å². The summed E-state index contributed by atoms with van der Waals surface area (Å²) in [5.74, 6) is 0. The highest BCUT2D eigenvalue weighted by molar-refractivity contribution is 7.71. The van der Waals surface area contributed by atoms with Gasteiger partial charge in [0.15, 0.2) is 0 Å². The lowest BCUT2D eigenvalue weighted by molar-refractivity contribution is 0.588. The lowest BCUT2D eigenvalue weighted by Crippen LogP contribution is -2.11. The molecular weight excluding hydrogens is 255 g/mol. The largest absolute Gasteiger partial charge is 0.387 e. The van der Waals surface area contributed by atoms with Crippen LogP contribution in [0.3, 0.4) is 0 Å². The molecule has 90 valence electrons. The molecule has 1 aromatic heterocycles. The first-order valence-corrected chi connectivity index (χ1v) is 8.24. The van der Waals surface area contributed by atoms with E-state index < -0.39 is 7.14 Å². The molecule has 2 aromatic rings. The smallest absolute Gasteiger partial charge is 0.129 e. The van der Waals surface area contributed by atoms with E-state index in [1.807, 2.05) is 25.2 Å². The lowest BCUT2D eigenvalue weighted by Gasteiger charge is -2.15. The molecule has 1 aromatic carbocycles. The fraction of sp³-hybridized carbons (Fsp3) is 0.250. The fourth-order valence-electron chi connectivity index (χ4n) is 1.95. The van der Waals surface area contributed by atoms with Crippen LogP contribution >= 0.6 is 18.7 Å².